The molecule has 1 heterocycles. The highest BCUT2D eigenvalue weighted by Crippen LogP contribution is 2.34. The smallest absolute Gasteiger partial charge is 0.263 e. The second-order valence-electron chi connectivity index (χ2n) is 6.49. The maximum atomic E-state index is 13.2. The number of ether oxygens (including phenoxy) is 1. The Labute approximate surface area is 173 Å². The van der Waals surface area contributed by atoms with Crippen molar-refractivity contribution in [3.63, 3.8) is 0 Å². The number of halogens is 1. The van der Waals surface area contributed by atoms with E-state index in [0.29, 0.717) is 17.0 Å². The lowest BCUT2D eigenvalue weighted by molar-refractivity contribution is -0.128. The Morgan fingerprint density at radius 2 is 1.81 bits per heavy atom. The second-order valence-corrected chi connectivity index (χ2v) is 7.65. The summed E-state index contributed by atoms with van der Waals surface area (Å²) in [6.45, 7) is 4.27. The summed E-state index contributed by atoms with van der Waals surface area (Å²) in [4.78, 5) is 27.6. The van der Waals surface area contributed by atoms with Crippen molar-refractivity contribution in [2.45, 2.75) is 38.8 Å². The van der Waals surface area contributed by atoms with Crippen LogP contribution in [0, 0.1) is 3.57 Å². The molecule has 0 fully saturated rings. The van der Waals surface area contributed by atoms with E-state index in [2.05, 4.69) is 27.9 Å². The molecule has 0 saturated carbocycles. The Balaban J connectivity index is 1.90. The van der Waals surface area contributed by atoms with Gasteiger partial charge in [0.25, 0.3) is 11.8 Å². The molecule has 0 saturated heterocycles. The van der Waals surface area contributed by atoms with Gasteiger partial charge in [0.2, 0.25) is 0 Å². The van der Waals surface area contributed by atoms with Crippen LogP contribution in [0.3, 0.4) is 0 Å². The van der Waals surface area contributed by atoms with Crippen LogP contribution in [0.25, 0.3) is 0 Å². The average molecular weight is 478 g/mol. The van der Waals surface area contributed by atoms with Crippen molar-refractivity contribution in [2.75, 3.05) is 11.4 Å². The summed E-state index contributed by atoms with van der Waals surface area (Å²) in [6, 6.07) is 14.9. The molecule has 2 aromatic carbocycles. The summed E-state index contributed by atoms with van der Waals surface area (Å²) in [5.74, 6) is 0.239. The van der Waals surface area contributed by atoms with Gasteiger partial charge in [-0.2, -0.15) is 0 Å². The van der Waals surface area contributed by atoms with Gasteiger partial charge in [-0.25, -0.2) is 0 Å². The quantitative estimate of drug-likeness (QED) is 0.662. The zero-order valence-corrected chi connectivity index (χ0v) is 17.6. The Morgan fingerprint density at radius 3 is 2.52 bits per heavy atom. The molecule has 142 valence electrons. The molecular weight excluding hydrogens is 455 g/mol. The Morgan fingerprint density at radius 1 is 1.15 bits per heavy atom. The van der Waals surface area contributed by atoms with E-state index in [9.17, 15) is 9.59 Å². The van der Waals surface area contributed by atoms with E-state index in [1.165, 1.54) is 0 Å². The van der Waals surface area contributed by atoms with E-state index >= 15 is 0 Å². The SMILES string of the molecule is CCC(CC)NC(=O)C1CN(C(=O)c2ccccc2I)c2ccccc2O1. The topological polar surface area (TPSA) is 58.6 Å². The predicted molar refractivity (Wildman–Crippen MR) is 114 cm³/mol. The van der Waals surface area contributed by atoms with Gasteiger partial charge in [-0.3, -0.25) is 9.59 Å². The standard InChI is InChI=1S/C21H23IN2O3/c1-3-14(4-2)23-20(25)19-13-24(17-11-7-8-12-18(17)27-19)21(26)15-9-5-6-10-16(15)22/h5-12,14,19H,3-4,13H2,1-2H3,(H,23,25). The summed E-state index contributed by atoms with van der Waals surface area (Å²) < 4.78 is 6.80. The number of carbonyl (C=O) groups is 2. The number of hydrogen-bond donors (Lipinski definition) is 1. The van der Waals surface area contributed by atoms with Crippen LogP contribution in [0.4, 0.5) is 5.69 Å². The zero-order valence-electron chi connectivity index (χ0n) is 15.4. The van der Waals surface area contributed by atoms with E-state index in [1.54, 1.807) is 11.0 Å². The minimum Gasteiger partial charge on any atom is -0.477 e. The van der Waals surface area contributed by atoms with Crippen molar-refractivity contribution in [1.29, 1.82) is 0 Å². The number of para-hydroxylation sites is 2. The van der Waals surface area contributed by atoms with Gasteiger partial charge in [0, 0.05) is 9.61 Å². The highest BCUT2D eigenvalue weighted by Gasteiger charge is 2.35. The molecular formula is C21H23IN2O3. The van der Waals surface area contributed by atoms with Crippen LogP contribution >= 0.6 is 22.6 Å². The van der Waals surface area contributed by atoms with Crippen molar-refractivity contribution in [2.24, 2.45) is 0 Å². The third-order valence-corrected chi connectivity index (χ3v) is 5.69. The number of carbonyl (C=O) groups excluding carboxylic acids is 2. The second kappa shape index (κ2) is 8.73. The first-order chi connectivity index (χ1) is 13.0. The van der Waals surface area contributed by atoms with Crippen molar-refractivity contribution in [3.8, 4) is 5.75 Å². The maximum absolute atomic E-state index is 13.2. The number of fused-ring (bicyclic) bond motifs is 1. The summed E-state index contributed by atoms with van der Waals surface area (Å²) >= 11 is 2.16. The van der Waals surface area contributed by atoms with Gasteiger partial charge in [0.1, 0.15) is 5.75 Å². The van der Waals surface area contributed by atoms with Crippen molar-refractivity contribution >= 4 is 40.1 Å². The van der Waals surface area contributed by atoms with Gasteiger partial charge in [0.15, 0.2) is 6.10 Å². The third-order valence-electron chi connectivity index (χ3n) is 4.75. The lowest BCUT2D eigenvalue weighted by atomic mass is 10.1. The first kappa shape index (κ1) is 19.7. The molecule has 1 N–H and O–H groups in total. The number of nitrogens with one attached hydrogen (secondary N) is 1. The lowest BCUT2D eigenvalue weighted by Gasteiger charge is -2.35. The molecule has 1 atom stereocenters. The highest BCUT2D eigenvalue weighted by atomic mass is 127. The summed E-state index contributed by atoms with van der Waals surface area (Å²) in [5.41, 5.74) is 1.31. The van der Waals surface area contributed by atoms with Crippen LogP contribution in [-0.4, -0.2) is 30.5 Å². The third kappa shape index (κ3) is 4.26. The number of anilines is 1. The van der Waals surface area contributed by atoms with Gasteiger partial charge in [0.05, 0.1) is 17.8 Å². The van der Waals surface area contributed by atoms with Crippen LogP contribution < -0.4 is 15.0 Å². The number of nitrogens with zero attached hydrogens (tertiary/aromatic N) is 1. The molecule has 3 rings (SSSR count). The van der Waals surface area contributed by atoms with Crippen LogP contribution in [-0.2, 0) is 4.79 Å². The number of hydrogen-bond acceptors (Lipinski definition) is 3. The monoisotopic (exact) mass is 478 g/mol. The number of rotatable bonds is 5. The lowest BCUT2D eigenvalue weighted by Crippen LogP contribution is -2.52. The fourth-order valence-corrected chi connectivity index (χ4v) is 3.75. The molecule has 0 radical (unpaired) electrons. The van der Waals surface area contributed by atoms with E-state index in [0.717, 1.165) is 16.4 Å². The van der Waals surface area contributed by atoms with E-state index in [1.807, 2.05) is 56.3 Å². The molecule has 0 spiro atoms. The van der Waals surface area contributed by atoms with Gasteiger partial charge >= 0.3 is 0 Å². The molecule has 5 nitrogen and oxygen atoms in total. The molecule has 27 heavy (non-hydrogen) atoms. The molecule has 0 aromatic heterocycles. The summed E-state index contributed by atoms with van der Waals surface area (Å²) in [6.07, 6.45) is 0.984. The molecule has 0 aliphatic carbocycles. The van der Waals surface area contributed by atoms with Gasteiger partial charge in [-0.15, -0.1) is 0 Å². The zero-order chi connectivity index (χ0) is 19.4. The molecule has 6 heteroatoms. The van der Waals surface area contributed by atoms with E-state index < -0.39 is 6.10 Å². The Bertz CT molecular complexity index is 836. The molecule has 1 unspecified atom stereocenters. The normalized spacial score (nSPS) is 15.9. The number of amides is 2. The number of benzene rings is 2. The van der Waals surface area contributed by atoms with Gasteiger partial charge in [-0.05, 0) is 59.7 Å². The largest absolute Gasteiger partial charge is 0.477 e. The first-order valence-electron chi connectivity index (χ1n) is 9.17. The predicted octanol–water partition coefficient (Wildman–Crippen LogP) is 4.00. The molecule has 0 bridgehead atoms. The highest BCUT2D eigenvalue weighted by molar-refractivity contribution is 14.1. The van der Waals surface area contributed by atoms with Gasteiger partial charge in [-0.1, -0.05) is 38.1 Å². The molecule has 2 aromatic rings. The fraction of sp³-hybridized carbons (Fsp3) is 0.333. The molecule has 1 aliphatic heterocycles. The van der Waals surface area contributed by atoms with Crippen molar-refractivity contribution in [1.82, 2.24) is 5.32 Å². The summed E-state index contributed by atoms with van der Waals surface area (Å²) in [5, 5.41) is 3.02. The minimum atomic E-state index is -0.731. The average Bonchev–Trinajstić information content (AvgIpc) is 2.70. The molecule has 2 amide bonds. The van der Waals surface area contributed by atoms with E-state index in [-0.39, 0.29) is 24.4 Å². The Kier molecular flexibility index (Phi) is 6.36. The first-order valence-corrected chi connectivity index (χ1v) is 10.3. The van der Waals surface area contributed by atoms with Crippen molar-refractivity contribution < 1.29 is 14.3 Å². The van der Waals surface area contributed by atoms with Crippen LogP contribution in [0.1, 0.15) is 37.0 Å². The fourth-order valence-electron chi connectivity index (χ4n) is 3.13. The van der Waals surface area contributed by atoms with Crippen LogP contribution in [0.2, 0.25) is 0 Å². The Hall–Kier alpha value is -2.09. The van der Waals surface area contributed by atoms with Crippen LogP contribution in [0.5, 0.6) is 5.75 Å². The minimum absolute atomic E-state index is 0.109. The van der Waals surface area contributed by atoms with Gasteiger partial charge < -0.3 is 15.0 Å². The maximum Gasteiger partial charge on any atom is 0.263 e. The van der Waals surface area contributed by atoms with E-state index in [4.69, 9.17) is 4.74 Å². The van der Waals surface area contributed by atoms with Crippen molar-refractivity contribution in [3.05, 3.63) is 57.7 Å². The molecule has 1 aliphatic rings. The summed E-state index contributed by atoms with van der Waals surface area (Å²) in [7, 11) is 0. The van der Waals surface area contributed by atoms with Crippen LogP contribution in [0.15, 0.2) is 48.5 Å².